The van der Waals surface area contributed by atoms with Crippen molar-refractivity contribution in [2.24, 2.45) is 5.73 Å². The molecule has 2 aromatic carbocycles. The summed E-state index contributed by atoms with van der Waals surface area (Å²) in [4.78, 5) is 28.9. The smallest absolute Gasteiger partial charge is 0.254 e. The molecular formula is C25H23N5O3. The van der Waals surface area contributed by atoms with Gasteiger partial charge in [0.05, 0.1) is 29.7 Å². The van der Waals surface area contributed by atoms with E-state index in [1.807, 2.05) is 60.8 Å². The maximum atomic E-state index is 12.3. The number of aromatic nitrogens is 3. The maximum Gasteiger partial charge on any atom is 0.254 e. The van der Waals surface area contributed by atoms with Crippen molar-refractivity contribution in [1.29, 1.82) is 0 Å². The molecule has 1 amide bonds. The number of carbonyl (C=O) groups excluding carboxylic acids is 2. The average molecular weight is 441 g/mol. The van der Waals surface area contributed by atoms with E-state index >= 15 is 0 Å². The molecule has 8 heteroatoms. The van der Waals surface area contributed by atoms with Crippen molar-refractivity contribution >= 4 is 17.3 Å². The molecule has 8 nitrogen and oxygen atoms in total. The largest absolute Gasteiger partial charge is 0.457 e. The van der Waals surface area contributed by atoms with Gasteiger partial charge in [-0.05, 0) is 55.3 Å². The van der Waals surface area contributed by atoms with Crippen LogP contribution in [0.15, 0.2) is 73.4 Å². The predicted molar refractivity (Wildman–Crippen MR) is 124 cm³/mol. The molecule has 5 rings (SSSR count). The minimum Gasteiger partial charge on any atom is -0.457 e. The lowest BCUT2D eigenvalue weighted by molar-refractivity contribution is -0.116. The summed E-state index contributed by atoms with van der Waals surface area (Å²) in [6.45, 7) is 3.55. The molecule has 1 saturated heterocycles. The van der Waals surface area contributed by atoms with E-state index in [4.69, 9.17) is 10.5 Å². The fourth-order valence-corrected chi connectivity index (χ4v) is 4.22. The number of amides is 1. The first-order valence-electron chi connectivity index (χ1n) is 10.7. The highest BCUT2D eigenvalue weighted by molar-refractivity contribution is 6.04. The van der Waals surface area contributed by atoms with Crippen molar-refractivity contribution in [3.63, 3.8) is 0 Å². The highest BCUT2D eigenvalue weighted by Crippen LogP contribution is 2.31. The van der Waals surface area contributed by atoms with Gasteiger partial charge in [0.2, 0.25) is 0 Å². The fraction of sp³-hybridized carbons (Fsp3) is 0.160. The topological polar surface area (TPSA) is 115 Å². The minimum atomic E-state index is -0.572. The summed E-state index contributed by atoms with van der Waals surface area (Å²) in [5.41, 5.74) is 8.62. The van der Waals surface area contributed by atoms with Crippen molar-refractivity contribution in [3.8, 4) is 22.8 Å². The van der Waals surface area contributed by atoms with Crippen molar-refractivity contribution < 1.29 is 14.3 Å². The number of nitrogens with one attached hydrogen (secondary N) is 2. The Balaban J connectivity index is 1.43. The Labute approximate surface area is 190 Å². The Morgan fingerprint density at radius 2 is 1.82 bits per heavy atom. The van der Waals surface area contributed by atoms with E-state index in [9.17, 15) is 9.59 Å². The van der Waals surface area contributed by atoms with E-state index in [-0.39, 0.29) is 17.9 Å². The van der Waals surface area contributed by atoms with Crippen molar-refractivity contribution in [3.05, 3.63) is 84.7 Å². The highest BCUT2D eigenvalue weighted by Gasteiger charge is 2.31. The van der Waals surface area contributed by atoms with Crippen LogP contribution in [0.5, 0.6) is 11.5 Å². The molecule has 4 N–H and O–H groups in total. The van der Waals surface area contributed by atoms with Crippen LogP contribution in [0.4, 0.5) is 0 Å². The van der Waals surface area contributed by atoms with Crippen LogP contribution >= 0.6 is 0 Å². The predicted octanol–water partition coefficient (Wildman–Crippen LogP) is 3.77. The van der Waals surface area contributed by atoms with Gasteiger partial charge in [0.25, 0.3) is 5.91 Å². The third-order valence-electron chi connectivity index (χ3n) is 5.85. The van der Waals surface area contributed by atoms with Crippen LogP contribution in [0, 0.1) is 0 Å². The molecule has 166 valence electrons. The number of rotatable bonds is 7. The summed E-state index contributed by atoms with van der Waals surface area (Å²) in [5, 5.41) is 6.51. The summed E-state index contributed by atoms with van der Waals surface area (Å²) in [6, 6.07) is 16.6. The zero-order valence-electron chi connectivity index (χ0n) is 17.8. The number of carbonyl (C=O) groups is 2. The Morgan fingerprint density at radius 1 is 1.09 bits per heavy atom. The van der Waals surface area contributed by atoms with E-state index in [1.165, 1.54) is 6.08 Å². The number of ketones is 1. The number of hydrogen-bond donors (Lipinski definition) is 3. The van der Waals surface area contributed by atoms with Gasteiger partial charge in [-0.25, -0.2) is 9.50 Å². The first-order chi connectivity index (χ1) is 16.0. The molecule has 0 saturated carbocycles. The summed E-state index contributed by atoms with van der Waals surface area (Å²) in [6.07, 6.45) is 4.65. The zero-order chi connectivity index (χ0) is 22.9. The van der Waals surface area contributed by atoms with Gasteiger partial charge in [-0.2, -0.15) is 0 Å². The van der Waals surface area contributed by atoms with Gasteiger partial charge in [-0.15, -0.1) is 0 Å². The Hall–Kier alpha value is -4.17. The molecule has 1 fully saturated rings. The lowest BCUT2D eigenvalue weighted by atomic mass is 10.1. The summed E-state index contributed by atoms with van der Waals surface area (Å²) in [5.74, 6) is 0.825. The van der Waals surface area contributed by atoms with Gasteiger partial charge in [0, 0.05) is 5.56 Å². The van der Waals surface area contributed by atoms with Gasteiger partial charge in [-0.1, -0.05) is 24.8 Å². The number of nitrogens with zero attached hydrogens (tertiary/aromatic N) is 2. The van der Waals surface area contributed by atoms with Crippen LogP contribution in [0.2, 0.25) is 0 Å². The van der Waals surface area contributed by atoms with Gasteiger partial charge in [0.1, 0.15) is 17.1 Å². The second-order valence-corrected chi connectivity index (χ2v) is 7.98. The van der Waals surface area contributed by atoms with Gasteiger partial charge in [0.15, 0.2) is 11.4 Å². The lowest BCUT2D eigenvalue weighted by Crippen LogP contribution is -2.31. The Kier molecular flexibility index (Phi) is 5.27. The fourth-order valence-electron chi connectivity index (χ4n) is 4.22. The molecule has 0 aliphatic carbocycles. The molecule has 2 aromatic heterocycles. The van der Waals surface area contributed by atoms with Crippen LogP contribution in [-0.2, 0) is 4.79 Å². The number of primary amides is 1. The van der Waals surface area contributed by atoms with Gasteiger partial charge < -0.3 is 10.5 Å². The van der Waals surface area contributed by atoms with E-state index < -0.39 is 5.91 Å². The number of ether oxygens (including phenoxy) is 1. The van der Waals surface area contributed by atoms with Crippen molar-refractivity contribution in [2.45, 2.75) is 24.9 Å². The molecule has 1 aliphatic heterocycles. The first-order valence-corrected chi connectivity index (χ1v) is 10.7. The van der Waals surface area contributed by atoms with E-state index in [1.54, 1.807) is 4.52 Å². The average Bonchev–Trinajstić information content (AvgIpc) is 3.54. The van der Waals surface area contributed by atoms with Crippen molar-refractivity contribution in [2.75, 3.05) is 0 Å². The van der Waals surface area contributed by atoms with E-state index in [0.717, 1.165) is 23.4 Å². The van der Waals surface area contributed by atoms with Gasteiger partial charge >= 0.3 is 0 Å². The van der Waals surface area contributed by atoms with E-state index in [2.05, 4.69) is 22.0 Å². The third-order valence-corrected chi connectivity index (χ3v) is 5.85. The number of benzene rings is 2. The number of H-pyrrole nitrogens is 1. The number of aromatic amines is 1. The van der Waals surface area contributed by atoms with Crippen LogP contribution in [0.25, 0.3) is 16.9 Å². The molecular weight excluding hydrogens is 418 g/mol. The first kappa shape index (κ1) is 20.7. The van der Waals surface area contributed by atoms with Crippen LogP contribution < -0.4 is 15.8 Å². The second kappa shape index (κ2) is 8.40. The number of hydrogen-bond acceptors (Lipinski definition) is 5. The quantitative estimate of drug-likeness (QED) is 0.378. The maximum absolute atomic E-state index is 12.3. The summed E-state index contributed by atoms with van der Waals surface area (Å²) >= 11 is 0. The molecule has 2 atom stereocenters. The lowest BCUT2D eigenvalue weighted by Gasteiger charge is -2.10. The molecule has 3 heterocycles. The molecule has 0 radical (unpaired) electrons. The molecule has 2 unspecified atom stereocenters. The second-order valence-electron chi connectivity index (χ2n) is 7.98. The molecule has 0 spiro atoms. The van der Waals surface area contributed by atoms with Crippen LogP contribution in [-0.4, -0.2) is 32.3 Å². The normalized spacial score (nSPS) is 17.8. The van der Waals surface area contributed by atoms with Crippen LogP contribution in [0.3, 0.4) is 0 Å². The molecule has 33 heavy (non-hydrogen) atoms. The monoisotopic (exact) mass is 441 g/mol. The van der Waals surface area contributed by atoms with Crippen LogP contribution in [0.1, 0.15) is 34.9 Å². The number of fused-ring (bicyclic) bond motifs is 1. The summed E-state index contributed by atoms with van der Waals surface area (Å²) < 4.78 is 7.54. The minimum absolute atomic E-state index is 0.0259. The van der Waals surface area contributed by atoms with Crippen molar-refractivity contribution in [1.82, 2.24) is 19.9 Å². The zero-order valence-corrected chi connectivity index (χ0v) is 17.8. The standard InChI is InChI=1S/C25H23N5O3/c1-2-21(31)19-13-12-18(27-19)20-14-30-25(28-20)22(24(26)32)23(29-30)15-8-10-17(11-9-15)33-16-6-4-3-5-7-16/h2-11,14,18-19,27,29H,1,12-13H2,(H2,26,32). The Morgan fingerprint density at radius 3 is 2.52 bits per heavy atom. The Bertz CT molecular complexity index is 1340. The SMILES string of the molecule is C=CC(=O)C1CCC(c2cn3[nH]c(-c4ccc(Oc5ccccc5)cc4)c(C(N)=O)c3n2)N1. The third kappa shape index (κ3) is 3.92. The summed E-state index contributed by atoms with van der Waals surface area (Å²) in [7, 11) is 0. The van der Waals surface area contributed by atoms with E-state index in [0.29, 0.717) is 29.1 Å². The van der Waals surface area contributed by atoms with Gasteiger partial charge in [-0.3, -0.25) is 20.0 Å². The molecule has 1 aliphatic rings. The highest BCUT2D eigenvalue weighted by atomic mass is 16.5. The molecule has 0 bridgehead atoms. The number of imidazole rings is 1. The number of nitrogens with two attached hydrogens (primary N) is 1. The number of para-hydroxylation sites is 1. The molecule has 4 aromatic rings.